The lowest BCUT2D eigenvalue weighted by atomic mass is 9.98. The quantitative estimate of drug-likeness (QED) is 0.678. The normalized spacial score (nSPS) is 28.1. The van der Waals surface area contributed by atoms with Crippen LogP contribution in [0.15, 0.2) is 0 Å². The second-order valence-corrected chi connectivity index (χ2v) is 6.17. The molecule has 94 valence electrons. The number of rotatable bonds is 1. The Hall–Kier alpha value is -1.04. The Kier molecular flexibility index (Phi) is 3.16. The van der Waals surface area contributed by atoms with Crippen LogP contribution >= 0.6 is 11.8 Å². The molecule has 1 atom stereocenters. The van der Waals surface area contributed by atoms with E-state index in [4.69, 9.17) is 0 Å². The summed E-state index contributed by atoms with van der Waals surface area (Å²) >= 11 is 1.61. The fourth-order valence-corrected chi connectivity index (χ4v) is 3.30. The van der Waals surface area contributed by atoms with Gasteiger partial charge in [-0.05, 0) is 32.4 Å². The summed E-state index contributed by atoms with van der Waals surface area (Å²) in [5, 5.41) is 2.18. The minimum absolute atomic E-state index is 0.0192. The summed E-state index contributed by atoms with van der Waals surface area (Å²) in [4.78, 5) is 36.8. The maximum atomic E-state index is 12.3. The van der Waals surface area contributed by atoms with Crippen molar-refractivity contribution in [1.29, 1.82) is 0 Å². The lowest BCUT2D eigenvalue weighted by Gasteiger charge is -2.41. The van der Waals surface area contributed by atoms with E-state index in [0.717, 1.165) is 18.6 Å². The molecule has 2 aliphatic rings. The van der Waals surface area contributed by atoms with Crippen LogP contribution < -0.4 is 5.32 Å². The standard InChI is InChI=1S/C11H16N2O3S/c1-11(2)10(16)12-8(14)6-13(11)9(15)7-4-3-5-17-7/h7H,3-6H2,1-2H3,(H,12,14,16). The lowest BCUT2D eigenvalue weighted by Crippen LogP contribution is -2.66. The average molecular weight is 256 g/mol. The summed E-state index contributed by atoms with van der Waals surface area (Å²) in [5.41, 5.74) is -0.936. The van der Waals surface area contributed by atoms with Crippen molar-refractivity contribution in [1.82, 2.24) is 10.2 Å². The molecule has 2 aliphatic heterocycles. The summed E-state index contributed by atoms with van der Waals surface area (Å²) in [6.07, 6.45) is 1.86. The smallest absolute Gasteiger partial charge is 0.252 e. The fourth-order valence-electron chi connectivity index (χ4n) is 2.08. The van der Waals surface area contributed by atoms with Gasteiger partial charge in [-0.1, -0.05) is 0 Å². The van der Waals surface area contributed by atoms with Gasteiger partial charge in [-0.2, -0.15) is 0 Å². The second kappa shape index (κ2) is 4.33. The number of piperazine rings is 1. The molecule has 5 nitrogen and oxygen atoms in total. The number of hydrogen-bond acceptors (Lipinski definition) is 4. The highest BCUT2D eigenvalue weighted by molar-refractivity contribution is 8.00. The number of carbonyl (C=O) groups is 3. The van der Waals surface area contributed by atoms with Crippen molar-refractivity contribution in [2.75, 3.05) is 12.3 Å². The van der Waals surface area contributed by atoms with Crippen LogP contribution in [-0.4, -0.2) is 45.7 Å². The Labute approximate surface area is 104 Å². The highest BCUT2D eigenvalue weighted by Gasteiger charge is 2.45. The fraction of sp³-hybridized carbons (Fsp3) is 0.727. The Morgan fingerprint density at radius 2 is 2.18 bits per heavy atom. The summed E-state index contributed by atoms with van der Waals surface area (Å²) < 4.78 is 0. The number of amides is 3. The third-order valence-corrected chi connectivity index (χ3v) is 4.62. The number of carbonyl (C=O) groups excluding carboxylic acids is 3. The van der Waals surface area contributed by atoms with Gasteiger partial charge < -0.3 is 4.90 Å². The first-order valence-corrected chi connectivity index (χ1v) is 6.75. The molecule has 0 aromatic carbocycles. The summed E-state index contributed by atoms with van der Waals surface area (Å²) in [6, 6.07) is 0. The van der Waals surface area contributed by atoms with Gasteiger partial charge in [0.25, 0.3) is 5.91 Å². The molecule has 2 heterocycles. The molecule has 0 spiro atoms. The van der Waals surface area contributed by atoms with Crippen LogP contribution in [-0.2, 0) is 14.4 Å². The van der Waals surface area contributed by atoms with Crippen molar-refractivity contribution in [3.05, 3.63) is 0 Å². The van der Waals surface area contributed by atoms with Gasteiger partial charge in [-0.25, -0.2) is 0 Å². The first kappa shape index (κ1) is 12.4. The first-order valence-electron chi connectivity index (χ1n) is 5.70. The van der Waals surface area contributed by atoms with Crippen molar-refractivity contribution in [3.8, 4) is 0 Å². The van der Waals surface area contributed by atoms with E-state index in [1.165, 1.54) is 4.90 Å². The van der Waals surface area contributed by atoms with E-state index in [1.807, 2.05) is 0 Å². The third kappa shape index (κ3) is 2.18. The van der Waals surface area contributed by atoms with Crippen molar-refractivity contribution in [2.45, 2.75) is 37.5 Å². The maximum Gasteiger partial charge on any atom is 0.252 e. The van der Waals surface area contributed by atoms with Crippen molar-refractivity contribution in [3.63, 3.8) is 0 Å². The largest absolute Gasteiger partial charge is 0.318 e. The van der Waals surface area contributed by atoms with Gasteiger partial charge in [0.1, 0.15) is 12.1 Å². The van der Waals surface area contributed by atoms with Gasteiger partial charge in [0.15, 0.2) is 0 Å². The molecule has 1 unspecified atom stereocenters. The van der Waals surface area contributed by atoms with E-state index in [0.29, 0.717) is 0 Å². The van der Waals surface area contributed by atoms with E-state index >= 15 is 0 Å². The maximum absolute atomic E-state index is 12.3. The van der Waals surface area contributed by atoms with Crippen molar-refractivity contribution in [2.24, 2.45) is 0 Å². The summed E-state index contributed by atoms with van der Waals surface area (Å²) in [5.74, 6) is 0.0987. The van der Waals surface area contributed by atoms with E-state index < -0.39 is 17.4 Å². The molecule has 0 aliphatic carbocycles. The zero-order valence-electron chi connectivity index (χ0n) is 9.99. The Morgan fingerprint density at radius 3 is 2.76 bits per heavy atom. The number of nitrogens with one attached hydrogen (secondary N) is 1. The number of nitrogens with zero attached hydrogens (tertiary/aromatic N) is 1. The van der Waals surface area contributed by atoms with Crippen LogP contribution in [0.2, 0.25) is 0 Å². The molecule has 0 aromatic heterocycles. The molecule has 17 heavy (non-hydrogen) atoms. The molecule has 0 radical (unpaired) electrons. The van der Waals surface area contributed by atoms with Gasteiger partial charge in [-0.3, -0.25) is 19.7 Å². The van der Waals surface area contributed by atoms with Crippen LogP contribution in [0.4, 0.5) is 0 Å². The third-order valence-electron chi connectivity index (χ3n) is 3.26. The highest BCUT2D eigenvalue weighted by atomic mass is 32.2. The minimum atomic E-state index is -0.936. The summed E-state index contributed by atoms with van der Waals surface area (Å²) in [7, 11) is 0. The molecule has 0 bridgehead atoms. The molecule has 2 rings (SSSR count). The van der Waals surface area contributed by atoms with E-state index in [-0.39, 0.29) is 17.7 Å². The zero-order chi connectivity index (χ0) is 12.6. The molecule has 0 saturated carbocycles. The Balaban J connectivity index is 2.19. The first-order chi connectivity index (χ1) is 7.93. The molecule has 0 aromatic rings. The predicted octanol–water partition coefficient (Wildman–Crippen LogP) is 0.146. The van der Waals surface area contributed by atoms with Crippen LogP contribution in [0.1, 0.15) is 26.7 Å². The molecule has 6 heteroatoms. The van der Waals surface area contributed by atoms with Crippen LogP contribution in [0.5, 0.6) is 0 Å². The number of thioether (sulfide) groups is 1. The zero-order valence-corrected chi connectivity index (χ0v) is 10.8. The molecule has 3 amide bonds. The molecule has 1 N–H and O–H groups in total. The number of hydrogen-bond donors (Lipinski definition) is 1. The van der Waals surface area contributed by atoms with Gasteiger partial charge in [0, 0.05) is 0 Å². The van der Waals surface area contributed by atoms with Gasteiger partial charge in [0.05, 0.1) is 5.25 Å². The lowest BCUT2D eigenvalue weighted by molar-refractivity contribution is -0.155. The molecular formula is C11H16N2O3S. The highest BCUT2D eigenvalue weighted by Crippen LogP contribution is 2.30. The van der Waals surface area contributed by atoms with Gasteiger partial charge in [-0.15, -0.1) is 11.8 Å². The van der Waals surface area contributed by atoms with Crippen LogP contribution in [0.25, 0.3) is 0 Å². The van der Waals surface area contributed by atoms with Crippen molar-refractivity contribution >= 4 is 29.5 Å². The topological polar surface area (TPSA) is 66.5 Å². The SMILES string of the molecule is CC1(C)C(=O)NC(=O)CN1C(=O)C1CCCS1. The van der Waals surface area contributed by atoms with Crippen LogP contribution in [0, 0.1) is 0 Å². The Bertz CT molecular complexity index is 375. The predicted molar refractivity (Wildman–Crippen MR) is 64.4 cm³/mol. The van der Waals surface area contributed by atoms with Crippen molar-refractivity contribution < 1.29 is 14.4 Å². The molecule has 2 saturated heterocycles. The van der Waals surface area contributed by atoms with E-state index in [1.54, 1.807) is 25.6 Å². The summed E-state index contributed by atoms with van der Waals surface area (Å²) in [6.45, 7) is 3.33. The van der Waals surface area contributed by atoms with Gasteiger partial charge in [0.2, 0.25) is 11.8 Å². The van der Waals surface area contributed by atoms with Gasteiger partial charge >= 0.3 is 0 Å². The van der Waals surface area contributed by atoms with E-state index in [9.17, 15) is 14.4 Å². The average Bonchev–Trinajstić information content (AvgIpc) is 2.76. The van der Waals surface area contributed by atoms with Crippen LogP contribution in [0.3, 0.4) is 0 Å². The Morgan fingerprint density at radius 1 is 1.47 bits per heavy atom. The number of imide groups is 1. The monoisotopic (exact) mass is 256 g/mol. The van der Waals surface area contributed by atoms with E-state index in [2.05, 4.69) is 5.32 Å². The minimum Gasteiger partial charge on any atom is -0.318 e. The second-order valence-electron chi connectivity index (χ2n) is 4.86. The molecular weight excluding hydrogens is 240 g/mol. The molecule has 2 fully saturated rings.